The summed E-state index contributed by atoms with van der Waals surface area (Å²) in [6.45, 7) is 0.802. The lowest BCUT2D eigenvalue weighted by Gasteiger charge is -2.32. The fourth-order valence-electron chi connectivity index (χ4n) is 2.70. The van der Waals surface area contributed by atoms with E-state index in [0.717, 1.165) is 36.5 Å². The number of fused-ring (bicyclic) bond motifs is 1. The van der Waals surface area contributed by atoms with Crippen molar-refractivity contribution in [2.75, 3.05) is 13.7 Å². The highest BCUT2D eigenvalue weighted by Gasteiger charge is 2.34. The molecule has 1 N–H and O–H groups in total. The van der Waals surface area contributed by atoms with Crippen LogP contribution in [0.3, 0.4) is 0 Å². The highest BCUT2D eigenvalue weighted by Crippen LogP contribution is 2.39. The van der Waals surface area contributed by atoms with Crippen LogP contribution >= 0.6 is 0 Å². The topological polar surface area (TPSA) is 47.9 Å². The molecule has 0 aromatic heterocycles. The van der Waals surface area contributed by atoms with Crippen LogP contribution in [0.2, 0.25) is 0 Å². The van der Waals surface area contributed by atoms with Crippen molar-refractivity contribution in [1.29, 1.82) is 0 Å². The molecule has 3 rings (SSSR count). The average molecular weight is 250 g/mol. The maximum Gasteiger partial charge on any atom is 0.128 e. The average Bonchev–Trinajstić information content (AvgIpc) is 2.92. The van der Waals surface area contributed by atoms with Crippen molar-refractivity contribution in [1.82, 2.24) is 0 Å². The van der Waals surface area contributed by atoms with Gasteiger partial charge in [0, 0.05) is 18.6 Å². The van der Waals surface area contributed by atoms with E-state index >= 15 is 0 Å². The standard InChI is InChI=1S/C14H18O4/c1-16-9-4-5-12-10(7-9)11(15)8-14(18-12)13-3-2-6-17-13/h4-5,7,11,13-15H,2-3,6,8H2,1H3/t11-,13?,14?/m0/s1. The summed E-state index contributed by atoms with van der Waals surface area (Å²) in [5, 5.41) is 10.2. The zero-order valence-electron chi connectivity index (χ0n) is 10.5. The molecule has 2 aliphatic rings. The zero-order valence-corrected chi connectivity index (χ0v) is 10.5. The minimum absolute atomic E-state index is 0.0385. The first-order valence-corrected chi connectivity index (χ1v) is 6.42. The summed E-state index contributed by atoms with van der Waals surface area (Å²) in [6, 6.07) is 5.55. The van der Waals surface area contributed by atoms with Crippen LogP contribution in [0.5, 0.6) is 11.5 Å². The Balaban J connectivity index is 1.83. The smallest absolute Gasteiger partial charge is 0.128 e. The van der Waals surface area contributed by atoms with Crippen molar-refractivity contribution >= 4 is 0 Å². The lowest BCUT2D eigenvalue weighted by molar-refractivity contribution is -0.0272. The number of hydrogen-bond acceptors (Lipinski definition) is 4. The van der Waals surface area contributed by atoms with Gasteiger partial charge in [-0.05, 0) is 31.0 Å². The summed E-state index contributed by atoms with van der Waals surface area (Å²) in [5.41, 5.74) is 0.809. The molecule has 1 aromatic rings. The molecule has 0 amide bonds. The minimum Gasteiger partial charge on any atom is -0.497 e. The number of ether oxygens (including phenoxy) is 3. The number of aliphatic hydroxyl groups excluding tert-OH is 1. The van der Waals surface area contributed by atoms with Crippen molar-refractivity contribution in [3.05, 3.63) is 23.8 Å². The van der Waals surface area contributed by atoms with Crippen molar-refractivity contribution in [2.24, 2.45) is 0 Å². The van der Waals surface area contributed by atoms with E-state index in [4.69, 9.17) is 14.2 Å². The second-order valence-electron chi connectivity index (χ2n) is 4.86. The molecule has 0 spiro atoms. The van der Waals surface area contributed by atoms with Crippen LogP contribution in [0.1, 0.15) is 30.9 Å². The molecule has 98 valence electrons. The van der Waals surface area contributed by atoms with Gasteiger partial charge in [0.25, 0.3) is 0 Å². The maximum absolute atomic E-state index is 10.2. The van der Waals surface area contributed by atoms with E-state index in [0.29, 0.717) is 6.42 Å². The molecule has 2 unspecified atom stereocenters. The van der Waals surface area contributed by atoms with Crippen LogP contribution in [0.4, 0.5) is 0 Å². The summed E-state index contributed by atoms with van der Waals surface area (Å²) in [7, 11) is 1.62. The first-order valence-electron chi connectivity index (χ1n) is 6.42. The molecule has 1 saturated heterocycles. The van der Waals surface area contributed by atoms with Gasteiger partial charge in [-0.1, -0.05) is 0 Å². The van der Waals surface area contributed by atoms with Gasteiger partial charge in [-0.25, -0.2) is 0 Å². The first-order chi connectivity index (χ1) is 8.78. The van der Waals surface area contributed by atoms with E-state index in [1.807, 2.05) is 18.2 Å². The molecule has 18 heavy (non-hydrogen) atoms. The van der Waals surface area contributed by atoms with Gasteiger partial charge < -0.3 is 19.3 Å². The van der Waals surface area contributed by atoms with Crippen LogP contribution in [0.15, 0.2) is 18.2 Å². The third-order valence-electron chi connectivity index (χ3n) is 3.69. The van der Waals surface area contributed by atoms with E-state index in [2.05, 4.69) is 0 Å². The number of benzene rings is 1. The van der Waals surface area contributed by atoms with E-state index in [-0.39, 0.29) is 12.2 Å². The Hall–Kier alpha value is -1.26. The molecule has 1 fully saturated rings. The van der Waals surface area contributed by atoms with Gasteiger partial charge in [-0.2, -0.15) is 0 Å². The van der Waals surface area contributed by atoms with Gasteiger partial charge in [0.15, 0.2) is 0 Å². The molecule has 0 saturated carbocycles. The number of rotatable bonds is 2. The normalized spacial score (nSPS) is 30.7. The number of aliphatic hydroxyl groups is 1. The summed E-state index contributed by atoms with van der Waals surface area (Å²) >= 11 is 0. The van der Waals surface area contributed by atoms with Crippen LogP contribution in [-0.4, -0.2) is 31.0 Å². The van der Waals surface area contributed by atoms with Crippen LogP contribution < -0.4 is 9.47 Å². The second-order valence-corrected chi connectivity index (χ2v) is 4.86. The molecule has 0 aliphatic carbocycles. The summed E-state index contributed by atoms with van der Waals surface area (Å²) < 4.78 is 16.7. The molecule has 2 heterocycles. The fourth-order valence-corrected chi connectivity index (χ4v) is 2.70. The molecule has 4 heteroatoms. The fraction of sp³-hybridized carbons (Fsp3) is 0.571. The van der Waals surface area contributed by atoms with Crippen LogP contribution in [0, 0.1) is 0 Å². The second kappa shape index (κ2) is 4.78. The first kappa shape index (κ1) is 11.8. The molecule has 1 aromatic carbocycles. The highest BCUT2D eigenvalue weighted by molar-refractivity contribution is 5.43. The molecular formula is C14H18O4. The van der Waals surface area contributed by atoms with E-state index in [1.165, 1.54) is 0 Å². The molecule has 0 bridgehead atoms. The van der Waals surface area contributed by atoms with Gasteiger partial charge in [0.2, 0.25) is 0 Å². The molecule has 2 aliphatic heterocycles. The summed E-state index contributed by atoms with van der Waals surface area (Å²) in [6.07, 6.45) is 2.26. The molecular weight excluding hydrogens is 232 g/mol. The Morgan fingerprint density at radius 3 is 2.94 bits per heavy atom. The monoisotopic (exact) mass is 250 g/mol. The SMILES string of the molecule is COc1ccc2c(c1)[C@@H](O)CC(C1CCCO1)O2. The Kier molecular flexibility index (Phi) is 3.14. The molecule has 0 radical (unpaired) electrons. The van der Waals surface area contributed by atoms with Gasteiger partial charge in [0.05, 0.1) is 19.3 Å². The Bertz CT molecular complexity index is 426. The van der Waals surface area contributed by atoms with Gasteiger partial charge >= 0.3 is 0 Å². The van der Waals surface area contributed by atoms with E-state index in [1.54, 1.807) is 7.11 Å². The number of hydrogen-bond donors (Lipinski definition) is 1. The quantitative estimate of drug-likeness (QED) is 0.872. The van der Waals surface area contributed by atoms with Crippen molar-refractivity contribution in [3.8, 4) is 11.5 Å². The minimum atomic E-state index is -0.502. The van der Waals surface area contributed by atoms with Gasteiger partial charge in [0.1, 0.15) is 17.6 Å². The number of methoxy groups -OCH3 is 1. The van der Waals surface area contributed by atoms with Gasteiger partial charge in [-0.3, -0.25) is 0 Å². The van der Waals surface area contributed by atoms with Crippen molar-refractivity contribution in [3.63, 3.8) is 0 Å². The maximum atomic E-state index is 10.2. The van der Waals surface area contributed by atoms with E-state index in [9.17, 15) is 5.11 Å². The third-order valence-corrected chi connectivity index (χ3v) is 3.69. The lowest BCUT2D eigenvalue weighted by atomic mass is 9.95. The lowest BCUT2D eigenvalue weighted by Crippen LogP contribution is -2.36. The van der Waals surface area contributed by atoms with Crippen molar-refractivity contribution in [2.45, 2.75) is 37.6 Å². The molecule has 3 atom stereocenters. The zero-order chi connectivity index (χ0) is 12.5. The van der Waals surface area contributed by atoms with Crippen LogP contribution in [-0.2, 0) is 4.74 Å². The van der Waals surface area contributed by atoms with Crippen molar-refractivity contribution < 1.29 is 19.3 Å². The Morgan fingerprint density at radius 1 is 1.33 bits per heavy atom. The van der Waals surface area contributed by atoms with Gasteiger partial charge in [-0.15, -0.1) is 0 Å². The Morgan fingerprint density at radius 2 is 2.22 bits per heavy atom. The largest absolute Gasteiger partial charge is 0.497 e. The Labute approximate surface area is 106 Å². The molecule has 4 nitrogen and oxygen atoms in total. The summed E-state index contributed by atoms with van der Waals surface area (Å²) in [5.74, 6) is 1.49. The van der Waals surface area contributed by atoms with Crippen LogP contribution in [0.25, 0.3) is 0 Å². The predicted octanol–water partition coefficient (Wildman–Crippen LogP) is 2.06. The van der Waals surface area contributed by atoms with E-state index < -0.39 is 6.10 Å². The predicted molar refractivity (Wildman–Crippen MR) is 66.0 cm³/mol. The highest BCUT2D eigenvalue weighted by atomic mass is 16.5. The summed E-state index contributed by atoms with van der Waals surface area (Å²) in [4.78, 5) is 0. The third kappa shape index (κ3) is 2.06.